The van der Waals surface area contributed by atoms with Crippen molar-refractivity contribution in [3.05, 3.63) is 29.8 Å². The molecule has 0 bridgehead atoms. The zero-order valence-electron chi connectivity index (χ0n) is 19.0. The number of aliphatic carboxylic acids is 1. The highest BCUT2D eigenvalue weighted by molar-refractivity contribution is 5.67. The molecule has 0 unspecified atom stereocenters. The van der Waals surface area contributed by atoms with E-state index in [1.165, 1.54) is 44.1 Å². The average Bonchev–Trinajstić information content (AvgIpc) is 2.77. The molecule has 0 aromatic heterocycles. The minimum atomic E-state index is -0.981. The molecule has 7 heteroatoms. The van der Waals surface area contributed by atoms with Gasteiger partial charge in [-0.05, 0) is 30.5 Å². The van der Waals surface area contributed by atoms with Gasteiger partial charge in [-0.1, -0.05) is 51.2 Å². The normalized spacial score (nSPS) is 11.0. The van der Waals surface area contributed by atoms with Crippen molar-refractivity contribution in [2.75, 3.05) is 59.5 Å². The fourth-order valence-electron chi connectivity index (χ4n) is 2.90. The molecule has 0 heterocycles. The summed E-state index contributed by atoms with van der Waals surface area (Å²) in [5.74, 6) is -0.110. The van der Waals surface area contributed by atoms with Gasteiger partial charge in [0.15, 0.2) is 0 Å². The molecule has 0 amide bonds. The minimum absolute atomic E-state index is 0.261. The van der Waals surface area contributed by atoms with Gasteiger partial charge in [0.1, 0.15) is 19.0 Å². The van der Waals surface area contributed by atoms with Gasteiger partial charge in [0.05, 0.1) is 46.2 Å². The van der Waals surface area contributed by atoms with Gasteiger partial charge < -0.3 is 28.8 Å². The third-order valence-electron chi connectivity index (χ3n) is 4.58. The number of hydrogen-bond donors (Lipinski definition) is 1. The van der Waals surface area contributed by atoms with E-state index in [4.69, 9.17) is 28.8 Å². The second-order valence-corrected chi connectivity index (χ2v) is 7.29. The van der Waals surface area contributed by atoms with Gasteiger partial charge in [-0.25, -0.2) is 4.79 Å². The van der Waals surface area contributed by atoms with Crippen molar-refractivity contribution in [1.29, 1.82) is 0 Å². The summed E-state index contributed by atoms with van der Waals surface area (Å²) in [6.07, 6.45) is 9.07. The Labute approximate surface area is 187 Å². The van der Waals surface area contributed by atoms with E-state index in [1.54, 1.807) is 0 Å². The summed E-state index contributed by atoms with van der Waals surface area (Å²) in [5, 5.41) is 8.40. The van der Waals surface area contributed by atoms with Crippen LogP contribution in [0.25, 0.3) is 0 Å². The minimum Gasteiger partial charge on any atom is -0.491 e. The maximum atomic E-state index is 10.2. The highest BCUT2D eigenvalue weighted by atomic mass is 16.6. The zero-order valence-corrected chi connectivity index (χ0v) is 19.0. The van der Waals surface area contributed by atoms with Gasteiger partial charge in [0, 0.05) is 0 Å². The van der Waals surface area contributed by atoms with Crippen LogP contribution in [-0.4, -0.2) is 70.5 Å². The number of rotatable bonds is 22. The number of benzene rings is 1. The van der Waals surface area contributed by atoms with E-state index in [0.29, 0.717) is 46.2 Å². The van der Waals surface area contributed by atoms with Crippen LogP contribution in [0.4, 0.5) is 0 Å². The predicted octanol–water partition coefficient (Wildman–Crippen LogP) is 4.12. The van der Waals surface area contributed by atoms with E-state index >= 15 is 0 Å². The molecule has 0 saturated heterocycles. The van der Waals surface area contributed by atoms with Crippen LogP contribution in [0, 0.1) is 0 Å². The van der Waals surface area contributed by atoms with Gasteiger partial charge in [0.2, 0.25) is 0 Å². The van der Waals surface area contributed by atoms with Crippen LogP contribution < -0.4 is 4.74 Å². The van der Waals surface area contributed by atoms with Crippen LogP contribution in [0.15, 0.2) is 24.3 Å². The Morgan fingerprint density at radius 1 is 0.710 bits per heavy atom. The highest BCUT2D eigenvalue weighted by Gasteiger charge is 1.98. The summed E-state index contributed by atoms with van der Waals surface area (Å²) >= 11 is 0. The van der Waals surface area contributed by atoms with Crippen molar-refractivity contribution in [2.45, 2.75) is 51.9 Å². The van der Waals surface area contributed by atoms with E-state index in [1.807, 2.05) is 12.1 Å². The van der Waals surface area contributed by atoms with E-state index < -0.39 is 5.97 Å². The van der Waals surface area contributed by atoms with E-state index in [9.17, 15) is 4.79 Å². The molecule has 7 nitrogen and oxygen atoms in total. The Hall–Kier alpha value is -1.67. The molecule has 0 aliphatic carbocycles. The van der Waals surface area contributed by atoms with E-state index in [2.05, 4.69) is 19.1 Å². The van der Waals surface area contributed by atoms with Crippen LogP contribution >= 0.6 is 0 Å². The molecule has 0 atom stereocenters. The zero-order chi connectivity index (χ0) is 22.4. The van der Waals surface area contributed by atoms with Gasteiger partial charge in [0.25, 0.3) is 0 Å². The van der Waals surface area contributed by atoms with Crippen molar-refractivity contribution < 1.29 is 33.6 Å². The second kappa shape index (κ2) is 20.2. The molecule has 31 heavy (non-hydrogen) atoms. The smallest absolute Gasteiger partial charge is 0.329 e. The van der Waals surface area contributed by atoms with Gasteiger partial charge in [-0.3, -0.25) is 0 Å². The van der Waals surface area contributed by atoms with Crippen molar-refractivity contribution in [1.82, 2.24) is 0 Å². The number of carbonyl (C=O) groups is 1. The number of carboxylic acids is 1. The molecule has 1 aromatic carbocycles. The Kier molecular flexibility index (Phi) is 17.9. The van der Waals surface area contributed by atoms with Crippen molar-refractivity contribution in [2.24, 2.45) is 0 Å². The lowest BCUT2D eigenvalue weighted by Crippen LogP contribution is -2.15. The first-order valence-electron chi connectivity index (χ1n) is 11.5. The molecular formula is C24H40O7. The number of aryl methyl sites for hydroxylation is 1. The van der Waals surface area contributed by atoms with Crippen LogP contribution in [0.1, 0.15) is 51.0 Å². The van der Waals surface area contributed by atoms with E-state index in [-0.39, 0.29) is 13.2 Å². The summed E-state index contributed by atoms with van der Waals surface area (Å²) in [6, 6.07) is 8.36. The van der Waals surface area contributed by atoms with Crippen LogP contribution in [0.2, 0.25) is 0 Å². The largest absolute Gasteiger partial charge is 0.491 e. The molecule has 1 N–H and O–H groups in total. The van der Waals surface area contributed by atoms with E-state index in [0.717, 1.165) is 12.2 Å². The predicted molar refractivity (Wildman–Crippen MR) is 120 cm³/mol. The number of unbranched alkanes of at least 4 members (excludes halogenated alkanes) is 5. The first-order chi connectivity index (χ1) is 15.2. The van der Waals surface area contributed by atoms with Crippen molar-refractivity contribution in [3.63, 3.8) is 0 Å². The SMILES string of the molecule is CCCCCCCCc1ccc(OCCOCCOCCOCCOCC(=O)O)cc1. The lowest BCUT2D eigenvalue weighted by atomic mass is 10.0. The molecule has 0 spiro atoms. The molecule has 0 radical (unpaired) electrons. The number of hydrogen-bond acceptors (Lipinski definition) is 6. The fourth-order valence-corrected chi connectivity index (χ4v) is 2.90. The monoisotopic (exact) mass is 440 g/mol. The molecular weight excluding hydrogens is 400 g/mol. The Balaban J connectivity index is 1.87. The van der Waals surface area contributed by atoms with Crippen LogP contribution in [-0.2, 0) is 30.2 Å². The Bertz CT molecular complexity index is 533. The van der Waals surface area contributed by atoms with Crippen molar-refractivity contribution >= 4 is 5.97 Å². The summed E-state index contributed by atoms with van der Waals surface area (Å²) in [7, 11) is 0. The standard InChI is InChI=1S/C24H40O7/c1-2-3-4-5-6-7-8-22-9-11-23(12-10-22)31-20-19-29-16-15-27-13-14-28-17-18-30-21-24(25)26/h9-12H,2-8,13-21H2,1H3,(H,25,26). The van der Waals surface area contributed by atoms with Gasteiger partial charge >= 0.3 is 5.97 Å². The molecule has 0 fully saturated rings. The first kappa shape index (κ1) is 27.4. The number of ether oxygens (including phenoxy) is 5. The highest BCUT2D eigenvalue weighted by Crippen LogP contribution is 2.15. The average molecular weight is 441 g/mol. The molecule has 1 aromatic rings. The van der Waals surface area contributed by atoms with Gasteiger partial charge in [-0.15, -0.1) is 0 Å². The molecule has 0 aliphatic heterocycles. The third-order valence-corrected chi connectivity index (χ3v) is 4.58. The summed E-state index contributed by atoms with van der Waals surface area (Å²) in [4.78, 5) is 10.2. The van der Waals surface area contributed by atoms with Crippen LogP contribution in [0.3, 0.4) is 0 Å². The maximum absolute atomic E-state index is 10.2. The lowest BCUT2D eigenvalue weighted by molar-refractivity contribution is -0.142. The van der Waals surface area contributed by atoms with Gasteiger partial charge in [-0.2, -0.15) is 0 Å². The molecule has 178 valence electrons. The molecule has 1 rings (SSSR count). The summed E-state index contributed by atoms with van der Waals surface area (Å²) in [6.45, 7) is 5.48. The quantitative estimate of drug-likeness (QED) is 0.272. The molecule has 0 aliphatic rings. The lowest BCUT2D eigenvalue weighted by Gasteiger charge is -2.09. The summed E-state index contributed by atoms with van der Waals surface area (Å²) < 4.78 is 26.7. The second-order valence-electron chi connectivity index (χ2n) is 7.29. The Morgan fingerprint density at radius 2 is 1.23 bits per heavy atom. The van der Waals surface area contributed by atoms with Crippen molar-refractivity contribution in [3.8, 4) is 5.75 Å². The topological polar surface area (TPSA) is 83.5 Å². The molecule has 0 saturated carbocycles. The first-order valence-corrected chi connectivity index (χ1v) is 11.5. The number of carboxylic acid groups (broad SMARTS) is 1. The third kappa shape index (κ3) is 17.7. The fraction of sp³-hybridized carbons (Fsp3) is 0.708. The van der Waals surface area contributed by atoms with Crippen LogP contribution in [0.5, 0.6) is 5.75 Å². The Morgan fingerprint density at radius 3 is 1.81 bits per heavy atom. The summed E-state index contributed by atoms with van der Waals surface area (Å²) in [5.41, 5.74) is 1.37. The maximum Gasteiger partial charge on any atom is 0.329 e.